The minimum absolute atomic E-state index is 0.177. The number of hydrogen-bond acceptors (Lipinski definition) is 3. The summed E-state index contributed by atoms with van der Waals surface area (Å²) in [7, 11) is 0. The van der Waals surface area contributed by atoms with Gasteiger partial charge in [-0.05, 0) is 39.7 Å². The molecule has 3 heteroatoms. The van der Waals surface area contributed by atoms with E-state index in [1.54, 1.807) is 0 Å². The molecule has 3 nitrogen and oxygen atoms in total. The quantitative estimate of drug-likeness (QED) is 0.668. The zero-order chi connectivity index (χ0) is 11.2. The van der Waals surface area contributed by atoms with Crippen LogP contribution in [0.4, 0.5) is 0 Å². The number of carbonyl (C=O) groups excluding carboxylic acids is 1. The Labute approximate surface area is 87.2 Å². The second-order valence-electron chi connectivity index (χ2n) is 4.45. The highest BCUT2D eigenvalue weighted by molar-refractivity contribution is 5.79. The van der Waals surface area contributed by atoms with E-state index in [0.29, 0.717) is 12.5 Å². The average Bonchev–Trinajstić information content (AvgIpc) is 2.03. The van der Waals surface area contributed by atoms with E-state index >= 15 is 0 Å². The molecule has 84 valence electrons. The predicted octanol–water partition coefficient (Wildman–Crippen LogP) is 1.96. The first-order valence-corrected chi connectivity index (χ1v) is 5.32. The Bertz CT molecular complexity index is 176. The SMILES string of the molecule is CCOC(=O)C(C)(C)NCCC(C)C. The van der Waals surface area contributed by atoms with Crippen LogP contribution in [-0.2, 0) is 9.53 Å². The van der Waals surface area contributed by atoms with Crippen molar-refractivity contribution in [2.45, 2.75) is 46.6 Å². The van der Waals surface area contributed by atoms with Gasteiger partial charge in [0.25, 0.3) is 0 Å². The van der Waals surface area contributed by atoms with E-state index in [-0.39, 0.29) is 5.97 Å². The number of nitrogens with one attached hydrogen (secondary N) is 1. The van der Waals surface area contributed by atoms with Gasteiger partial charge in [0.05, 0.1) is 6.61 Å². The summed E-state index contributed by atoms with van der Waals surface area (Å²) < 4.78 is 4.96. The van der Waals surface area contributed by atoms with Crippen molar-refractivity contribution in [2.24, 2.45) is 5.92 Å². The van der Waals surface area contributed by atoms with Crippen molar-refractivity contribution in [1.29, 1.82) is 0 Å². The summed E-state index contributed by atoms with van der Waals surface area (Å²) in [6, 6.07) is 0. The maximum Gasteiger partial charge on any atom is 0.325 e. The van der Waals surface area contributed by atoms with Crippen molar-refractivity contribution < 1.29 is 9.53 Å². The third-order valence-corrected chi connectivity index (χ3v) is 2.07. The van der Waals surface area contributed by atoms with Crippen LogP contribution in [0, 0.1) is 5.92 Å². The molecule has 0 amide bonds. The fraction of sp³-hybridized carbons (Fsp3) is 0.909. The molecule has 0 aromatic carbocycles. The average molecular weight is 201 g/mol. The maximum atomic E-state index is 11.5. The topological polar surface area (TPSA) is 38.3 Å². The van der Waals surface area contributed by atoms with Crippen molar-refractivity contribution in [1.82, 2.24) is 5.32 Å². The Morgan fingerprint density at radius 3 is 2.43 bits per heavy atom. The van der Waals surface area contributed by atoms with Gasteiger partial charge in [0.15, 0.2) is 0 Å². The molecule has 0 unspecified atom stereocenters. The van der Waals surface area contributed by atoms with Gasteiger partial charge in [0.2, 0.25) is 0 Å². The highest BCUT2D eigenvalue weighted by Crippen LogP contribution is 2.06. The number of esters is 1. The highest BCUT2D eigenvalue weighted by atomic mass is 16.5. The molecule has 1 N–H and O–H groups in total. The van der Waals surface area contributed by atoms with Crippen LogP contribution in [0.3, 0.4) is 0 Å². The van der Waals surface area contributed by atoms with Gasteiger partial charge in [-0.15, -0.1) is 0 Å². The third-order valence-electron chi connectivity index (χ3n) is 2.07. The largest absolute Gasteiger partial charge is 0.465 e. The number of hydrogen-bond donors (Lipinski definition) is 1. The van der Waals surface area contributed by atoms with E-state index in [0.717, 1.165) is 13.0 Å². The lowest BCUT2D eigenvalue weighted by atomic mass is 10.0. The monoisotopic (exact) mass is 201 g/mol. The first-order valence-electron chi connectivity index (χ1n) is 5.32. The Balaban J connectivity index is 3.87. The maximum absolute atomic E-state index is 11.5. The molecule has 0 spiro atoms. The molecule has 0 aromatic heterocycles. The third kappa shape index (κ3) is 5.22. The van der Waals surface area contributed by atoms with Crippen LogP contribution in [0.1, 0.15) is 41.0 Å². The second kappa shape index (κ2) is 6.02. The molecule has 0 fully saturated rings. The first kappa shape index (κ1) is 13.4. The molecule has 14 heavy (non-hydrogen) atoms. The zero-order valence-electron chi connectivity index (χ0n) is 10.0. The van der Waals surface area contributed by atoms with Gasteiger partial charge in [-0.2, -0.15) is 0 Å². The molecule has 0 bridgehead atoms. The van der Waals surface area contributed by atoms with Gasteiger partial charge in [-0.1, -0.05) is 13.8 Å². The van der Waals surface area contributed by atoms with E-state index in [1.165, 1.54) is 0 Å². The van der Waals surface area contributed by atoms with Crippen LogP contribution in [-0.4, -0.2) is 24.7 Å². The molecule has 0 aliphatic carbocycles. The van der Waals surface area contributed by atoms with E-state index in [1.807, 2.05) is 20.8 Å². The number of ether oxygens (including phenoxy) is 1. The van der Waals surface area contributed by atoms with Gasteiger partial charge in [-0.25, -0.2) is 0 Å². The van der Waals surface area contributed by atoms with Crippen LogP contribution in [0.25, 0.3) is 0 Å². The fourth-order valence-electron chi connectivity index (χ4n) is 1.06. The molecule has 0 saturated heterocycles. The van der Waals surface area contributed by atoms with E-state index in [4.69, 9.17) is 4.74 Å². The van der Waals surface area contributed by atoms with E-state index in [2.05, 4.69) is 19.2 Å². The molecular weight excluding hydrogens is 178 g/mol. The Hall–Kier alpha value is -0.570. The standard InChI is InChI=1S/C11H23NO2/c1-6-14-10(13)11(4,5)12-8-7-9(2)3/h9,12H,6-8H2,1-5H3. The minimum atomic E-state index is -0.565. The Kier molecular flexibility index (Phi) is 5.77. The minimum Gasteiger partial charge on any atom is -0.465 e. The molecule has 0 saturated carbocycles. The molecule has 0 radical (unpaired) electrons. The lowest BCUT2D eigenvalue weighted by Crippen LogP contribution is -2.48. The smallest absolute Gasteiger partial charge is 0.325 e. The van der Waals surface area contributed by atoms with Crippen molar-refractivity contribution in [3.63, 3.8) is 0 Å². The normalized spacial score (nSPS) is 11.9. The predicted molar refractivity (Wildman–Crippen MR) is 58.2 cm³/mol. The highest BCUT2D eigenvalue weighted by Gasteiger charge is 2.27. The summed E-state index contributed by atoms with van der Waals surface area (Å²) in [6.45, 7) is 11.1. The summed E-state index contributed by atoms with van der Waals surface area (Å²) in [5.74, 6) is 0.476. The summed E-state index contributed by atoms with van der Waals surface area (Å²) >= 11 is 0. The first-order chi connectivity index (χ1) is 6.40. The van der Waals surface area contributed by atoms with E-state index < -0.39 is 5.54 Å². The molecule has 0 rings (SSSR count). The van der Waals surface area contributed by atoms with Crippen molar-refractivity contribution in [2.75, 3.05) is 13.2 Å². The van der Waals surface area contributed by atoms with Gasteiger partial charge in [0, 0.05) is 0 Å². The van der Waals surface area contributed by atoms with Crippen LogP contribution in [0.2, 0.25) is 0 Å². The molecule has 0 atom stereocenters. The van der Waals surface area contributed by atoms with Crippen molar-refractivity contribution in [3.05, 3.63) is 0 Å². The van der Waals surface area contributed by atoms with Gasteiger partial charge in [0.1, 0.15) is 5.54 Å². The molecule has 0 heterocycles. The van der Waals surface area contributed by atoms with Gasteiger partial charge in [-0.3, -0.25) is 4.79 Å². The fourth-order valence-corrected chi connectivity index (χ4v) is 1.06. The summed E-state index contributed by atoms with van der Waals surface area (Å²) in [5.41, 5.74) is -0.565. The van der Waals surface area contributed by atoms with Gasteiger partial charge < -0.3 is 10.1 Å². The molecule has 0 aliphatic heterocycles. The molecular formula is C11H23NO2. The van der Waals surface area contributed by atoms with E-state index in [9.17, 15) is 4.79 Å². The molecule has 0 aliphatic rings. The zero-order valence-corrected chi connectivity index (χ0v) is 10.0. The summed E-state index contributed by atoms with van der Waals surface area (Å²) in [6.07, 6.45) is 1.07. The van der Waals surface area contributed by atoms with Crippen molar-refractivity contribution in [3.8, 4) is 0 Å². The van der Waals surface area contributed by atoms with Crippen LogP contribution in [0.5, 0.6) is 0 Å². The van der Waals surface area contributed by atoms with Crippen LogP contribution in [0.15, 0.2) is 0 Å². The van der Waals surface area contributed by atoms with Crippen LogP contribution >= 0.6 is 0 Å². The summed E-state index contributed by atoms with van der Waals surface area (Å²) in [4.78, 5) is 11.5. The Morgan fingerprint density at radius 1 is 1.43 bits per heavy atom. The number of rotatable bonds is 6. The van der Waals surface area contributed by atoms with Crippen LogP contribution < -0.4 is 5.32 Å². The lowest BCUT2D eigenvalue weighted by molar-refractivity contribution is -0.149. The summed E-state index contributed by atoms with van der Waals surface area (Å²) in [5, 5.41) is 3.20. The van der Waals surface area contributed by atoms with Crippen molar-refractivity contribution >= 4 is 5.97 Å². The second-order valence-corrected chi connectivity index (χ2v) is 4.45. The molecule has 0 aromatic rings. The Morgan fingerprint density at radius 2 is 2.00 bits per heavy atom. The number of carbonyl (C=O) groups is 1. The lowest BCUT2D eigenvalue weighted by Gasteiger charge is -2.24. The van der Waals surface area contributed by atoms with Gasteiger partial charge >= 0.3 is 5.97 Å².